The molecule has 1 aliphatic rings. The summed E-state index contributed by atoms with van der Waals surface area (Å²) < 4.78 is 0. The number of hydrogen-bond donors (Lipinski definition) is 2. The Balaban J connectivity index is 2.12. The average Bonchev–Trinajstić information content (AvgIpc) is 2.41. The predicted molar refractivity (Wildman–Crippen MR) is 75.6 cm³/mol. The maximum Gasteiger partial charge on any atom is 0.0908 e. The van der Waals surface area contributed by atoms with E-state index in [1.807, 2.05) is 6.92 Å². The summed E-state index contributed by atoms with van der Waals surface area (Å²) in [7, 11) is 0. The zero-order valence-corrected chi connectivity index (χ0v) is 11.6. The van der Waals surface area contributed by atoms with Crippen LogP contribution in [-0.4, -0.2) is 18.2 Å². The first kappa shape index (κ1) is 13.6. The fraction of sp³-hybridized carbons (Fsp3) is 0.625. The highest BCUT2D eigenvalue weighted by atomic mass is 16.3. The quantitative estimate of drug-likeness (QED) is 0.857. The minimum atomic E-state index is -0.710. The summed E-state index contributed by atoms with van der Waals surface area (Å²) in [5, 5.41) is 14.2. The van der Waals surface area contributed by atoms with Crippen LogP contribution in [0, 0.1) is 5.92 Å². The van der Waals surface area contributed by atoms with Crippen LogP contribution in [0.2, 0.25) is 0 Å². The molecule has 0 aliphatic carbocycles. The van der Waals surface area contributed by atoms with Crippen LogP contribution in [0.4, 0.5) is 0 Å². The Labute approximate surface area is 110 Å². The van der Waals surface area contributed by atoms with Gasteiger partial charge in [0.1, 0.15) is 0 Å². The second-order valence-electron chi connectivity index (χ2n) is 5.64. The van der Waals surface area contributed by atoms with Crippen molar-refractivity contribution in [1.29, 1.82) is 0 Å². The van der Waals surface area contributed by atoms with E-state index in [2.05, 4.69) is 36.5 Å². The fourth-order valence-electron chi connectivity index (χ4n) is 2.86. The summed E-state index contributed by atoms with van der Waals surface area (Å²) in [6.45, 7) is 6.16. The van der Waals surface area contributed by atoms with Crippen molar-refractivity contribution in [3.05, 3.63) is 35.4 Å². The van der Waals surface area contributed by atoms with Gasteiger partial charge in [0, 0.05) is 12.5 Å². The largest absolute Gasteiger partial charge is 0.385 e. The molecule has 1 fully saturated rings. The van der Waals surface area contributed by atoms with Crippen molar-refractivity contribution in [2.45, 2.75) is 45.1 Å². The monoisotopic (exact) mass is 247 g/mol. The van der Waals surface area contributed by atoms with Crippen molar-refractivity contribution in [3.63, 3.8) is 0 Å². The average molecular weight is 247 g/mol. The smallest absolute Gasteiger partial charge is 0.0908 e. The number of aryl methyl sites for hydroxylation is 1. The van der Waals surface area contributed by atoms with Gasteiger partial charge in [0.25, 0.3) is 0 Å². The third-order valence-electron chi connectivity index (χ3n) is 4.17. The molecule has 1 saturated heterocycles. The fourth-order valence-corrected chi connectivity index (χ4v) is 2.86. The number of piperidine rings is 1. The molecule has 100 valence electrons. The van der Waals surface area contributed by atoms with E-state index in [0.717, 1.165) is 37.9 Å². The molecule has 2 heteroatoms. The van der Waals surface area contributed by atoms with E-state index in [-0.39, 0.29) is 0 Å². The molecule has 2 unspecified atom stereocenters. The molecule has 0 saturated carbocycles. The molecule has 1 aromatic rings. The van der Waals surface area contributed by atoms with Crippen LogP contribution in [0.3, 0.4) is 0 Å². The van der Waals surface area contributed by atoms with Gasteiger partial charge in [-0.2, -0.15) is 0 Å². The van der Waals surface area contributed by atoms with E-state index in [0.29, 0.717) is 5.92 Å². The number of benzene rings is 1. The van der Waals surface area contributed by atoms with E-state index in [4.69, 9.17) is 0 Å². The third-order valence-corrected chi connectivity index (χ3v) is 4.17. The first-order valence-corrected chi connectivity index (χ1v) is 7.17. The van der Waals surface area contributed by atoms with Gasteiger partial charge in [-0.25, -0.2) is 0 Å². The Kier molecular flexibility index (Phi) is 4.41. The second-order valence-corrected chi connectivity index (χ2v) is 5.64. The van der Waals surface area contributed by atoms with Crippen LogP contribution < -0.4 is 5.32 Å². The topological polar surface area (TPSA) is 32.3 Å². The summed E-state index contributed by atoms with van der Waals surface area (Å²) in [6, 6.07) is 8.51. The Morgan fingerprint density at radius 3 is 2.61 bits per heavy atom. The highest BCUT2D eigenvalue weighted by Crippen LogP contribution is 2.33. The standard InChI is InChI=1S/C16H25NO/c1-3-5-13-7-9-14(10-8-13)16(2,18)15-6-4-11-17-12-15/h7-10,15,17-18H,3-6,11-12H2,1-2H3. The van der Waals surface area contributed by atoms with Gasteiger partial charge in [-0.3, -0.25) is 0 Å². The van der Waals surface area contributed by atoms with Crippen molar-refractivity contribution in [2.75, 3.05) is 13.1 Å². The predicted octanol–water partition coefficient (Wildman–Crippen LogP) is 2.85. The molecule has 2 rings (SSSR count). The van der Waals surface area contributed by atoms with Gasteiger partial charge in [-0.05, 0) is 43.9 Å². The Morgan fingerprint density at radius 2 is 2.06 bits per heavy atom. The summed E-state index contributed by atoms with van der Waals surface area (Å²) in [5.41, 5.74) is 1.70. The van der Waals surface area contributed by atoms with Crippen molar-refractivity contribution >= 4 is 0 Å². The molecule has 0 amide bonds. The van der Waals surface area contributed by atoms with Crippen LogP contribution in [-0.2, 0) is 12.0 Å². The van der Waals surface area contributed by atoms with Gasteiger partial charge in [0.15, 0.2) is 0 Å². The zero-order chi connectivity index (χ0) is 13.0. The number of nitrogens with one attached hydrogen (secondary N) is 1. The molecule has 0 spiro atoms. The van der Waals surface area contributed by atoms with E-state index in [9.17, 15) is 5.11 Å². The van der Waals surface area contributed by atoms with Crippen LogP contribution in [0.25, 0.3) is 0 Å². The highest BCUT2D eigenvalue weighted by Gasteiger charge is 2.34. The molecule has 1 aliphatic heterocycles. The summed E-state index contributed by atoms with van der Waals surface area (Å²) in [6.07, 6.45) is 4.56. The summed E-state index contributed by atoms with van der Waals surface area (Å²) in [4.78, 5) is 0. The number of rotatable bonds is 4. The minimum Gasteiger partial charge on any atom is -0.385 e. The van der Waals surface area contributed by atoms with Crippen LogP contribution in [0.15, 0.2) is 24.3 Å². The molecule has 0 radical (unpaired) electrons. The first-order valence-electron chi connectivity index (χ1n) is 7.17. The minimum absolute atomic E-state index is 0.322. The van der Waals surface area contributed by atoms with Crippen molar-refractivity contribution in [2.24, 2.45) is 5.92 Å². The Bertz CT molecular complexity index is 363. The Hall–Kier alpha value is -0.860. The summed E-state index contributed by atoms with van der Waals surface area (Å²) >= 11 is 0. The van der Waals surface area contributed by atoms with E-state index < -0.39 is 5.60 Å². The van der Waals surface area contributed by atoms with Crippen LogP contribution in [0.5, 0.6) is 0 Å². The molecule has 2 nitrogen and oxygen atoms in total. The molecular formula is C16H25NO. The van der Waals surface area contributed by atoms with Crippen molar-refractivity contribution in [1.82, 2.24) is 5.32 Å². The van der Waals surface area contributed by atoms with E-state index in [1.54, 1.807) is 0 Å². The normalized spacial score (nSPS) is 23.6. The molecule has 2 atom stereocenters. The molecule has 18 heavy (non-hydrogen) atoms. The third kappa shape index (κ3) is 2.93. The highest BCUT2D eigenvalue weighted by molar-refractivity contribution is 5.27. The van der Waals surface area contributed by atoms with Gasteiger partial charge in [-0.1, -0.05) is 37.6 Å². The number of aliphatic hydroxyl groups is 1. The van der Waals surface area contributed by atoms with Crippen molar-refractivity contribution in [3.8, 4) is 0 Å². The second kappa shape index (κ2) is 5.85. The van der Waals surface area contributed by atoms with Crippen LogP contribution in [0.1, 0.15) is 44.2 Å². The van der Waals surface area contributed by atoms with Crippen LogP contribution >= 0.6 is 0 Å². The molecule has 1 aromatic carbocycles. The summed E-state index contributed by atoms with van der Waals surface area (Å²) in [5.74, 6) is 0.322. The lowest BCUT2D eigenvalue weighted by molar-refractivity contribution is -0.0156. The SMILES string of the molecule is CCCc1ccc(C(C)(O)C2CCCNC2)cc1. The van der Waals surface area contributed by atoms with E-state index >= 15 is 0 Å². The van der Waals surface area contributed by atoms with Crippen molar-refractivity contribution < 1.29 is 5.11 Å². The lowest BCUT2D eigenvalue weighted by atomic mass is 9.78. The molecule has 2 N–H and O–H groups in total. The lowest BCUT2D eigenvalue weighted by Crippen LogP contribution is -2.42. The first-order chi connectivity index (χ1) is 8.64. The maximum absolute atomic E-state index is 10.8. The van der Waals surface area contributed by atoms with E-state index in [1.165, 1.54) is 12.0 Å². The number of hydrogen-bond acceptors (Lipinski definition) is 2. The molecule has 0 bridgehead atoms. The van der Waals surface area contributed by atoms with Gasteiger partial charge in [-0.15, -0.1) is 0 Å². The zero-order valence-electron chi connectivity index (χ0n) is 11.6. The van der Waals surface area contributed by atoms with Gasteiger partial charge in [0.05, 0.1) is 5.60 Å². The van der Waals surface area contributed by atoms with Gasteiger partial charge in [0.2, 0.25) is 0 Å². The molecular weight excluding hydrogens is 222 g/mol. The Morgan fingerprint density at radius 1 is 1.33 bits per heavy atom. The van der Waals surface area contributed by atoms with Gasteiger partial charge < -0.3 is 10.4 Å². The maximum atomic E-state index is 10.8. The molecule has 1 heterocycles. The van der Waals surface area contributed by atoms with Gasteiger partial charge >= 0.3 is 0 Å². The lowest BCUT2D eigenvalue weighted by Gasteiger charge is -2.36. The molecule has 0 aromatic heterocycles.